The number of rotatable bonds is 7. The van der Waals surface area contributed by atoms with Gasteiger partial charge in [0.05, 0.1) is 11.3 Å². The number of imidazole rings is 1. The second kappa shape index (κ2) is 6.43. The topological polar surface area (TPSA) is 98.8 Å². The van der Waals surface area contributed by atoms with E-state index in [2.05, 4.69) is 20.3 Å². The van der Waals surface area contributed by atoms with E-state index in [4.69, 9.17) is 0 Å². The average molecular weight is 262 g/mol. The number of nitrogens with zero attached hydrogens (tertiary/aromatic N) is 5. The lowest BCUT2D eigenvalue weighted by atomic mass is 10.3. The second-order valence-corrected chi connectivity index (χ2v) is 3.96. The van der Waals surface area contributed by atoms with Gasteiger partial charge in [0, 0.05) is 25.5 Å². The Bertz CT molecular complexity index is 510. The Kier molecular flexibility index (Phi) is 4.38. The van der Waals surface area contributed by atoms with Crippen LogP contribution in [0.3, 0.4) is 0 Å². The van der Waals surface area contributed by atoms with Gasteiger partial charge in [0.2, 0.25) is 5.95 Å². The normalized spacial score (nSPS) is 10.3. The minimum absolute atomic E-state index is 0.106. The Morgan fingerprint density at radius 2 is 2.11 bits per heavy atom. The molecule has 0 aromatic carbocycles. The Morgan fingerprint density at radius 1 is 1.32 bits per heavy atom. The van der Waals surface area contributed by atoms with Crippen molar-refractivity contribution in [3.05, 3.63) is 41.2 Å². The molecule has 2 rings (SSSR count). The number of nitrogens with one attached hydrogen (secondary N) is 1. The van der Waals surface area contributed by atoms with Gasteiger partial charge in [0.25, 0.3) is 0 Å². The lowest BCUT2D eigenvalue weighted by molar-refractivity contribution is -0.385. The van der Waals surface area contributed by atoms with E-state index in [0.29, 0.717) is 5.95 Å². The van der Waals surface area contributed by atoms with Gasteiger partial charge < -0.3 is 9.88 Å². The zero-order valence-corrected chi connectivity index (χ0v) is 10.3. The highest BCUT2D eigenvalue weighted by molar-refractivity contribution is 5.30. The summed E-state index contributed by atoms with van der Waals surface area (Å²) in [6.45, 7) is 1.65. The number of hydrogen-bond donors (Lipinski definition) is 1. The van der Waals surface area contributed by atoms with Crippen LogP contribution in [-0.4, -0.2) is 31.0 Å². The molecule has 0 atom stereocenters. The van der Waals surface area contributed by atoms with Crippen LogP contribution in [0.25, 0.3) is 0 Å². The standard InChI is InChI=1S/C11H14N6O2/c18-17(19)10-7-14-11(15-8-10)13-3-1-2-5-16-6-4-12-9-16/h4,6-9H,1-3,5H2,(H,13,14,15). The van der Waals surface area contributed by atoms with Crippen molar-refractivity contribution in [3.63, 3.8) is 0 Å². The minimum atomic E-state index is -0.519. The third-order valence-electron chi connectivity index (χ3n) is 2.53. The summed E-state index contributed by atoms with van der Waals surface area (Å²) in [5, 5.41) is 13.4. The monoisotopic (exact) mass is 262 g/mol. The molecule has 0 aliphatic carbocycles. The number of nitro groups is 1. The third-order valence-corrected chi connectivity index (χ3v) is 2.53. The number of aryl methyl sites for hydroxylation is 1. The van der Waals surface area contributed by atoms with Crippen LogP contribution >= 0.6 is 0 Å². The summed E-state index contributed by atoms with van der Waals surface area (Å²) in [7, 11) is 0. The maximum Gasteiger partial charge on any atom is 0.305 e. The smallest absolute Gasteiger partial charge is 0.305 e. The Morgan fingerprint density at radius 3 is 2.74 bits per heavy atom. The summed E-state index contributed by atoms with van der Waals surface area (Å²) in [5.74, 6) is 0.410. The van der Waals surface area contributed by atoms with Crippen molar-refractivity contribution in [1.82, 2.24) is 19.5 Å². The first-order valence-electron chi connectivity index (χ1n) is 5.92. The van der Waals surface area contributed by atoms with E-state index in [0.717, 1.165) is 25.9 Å². The molecule has 0 saturated heterocycles. The molecule has 0 unspecified atom stereocenters. The van der Waals surface area contributed by atoms with E-state index in [1.807, 2.05) is 10.8 Å². The van der Waals surface area contributed by atoms with Crippen LogP contribution in [0.5, 0.6) is 0 Å². The van der Waals surface area contributed by atoms with Crippen molar-refractivity contribution in [2.45, 2.75) is 19.4 Å². The van der Waals surface area contributed by atoms with Crippen LogP contribution < -0.4 is 5.32 Å². The van der Waals surface area contributed by atoms with Gasteiger partial charge in [0.1, 0.15) is 12.4 Å². The van der Waals surface area contributed by atoms with Gasteiger partial charge >= 0.3 is 5.69 Å². The molecule has 0 amide bonds. The van der Waals surface area contributed by atoms with Crippen molar-refractivity contribution < 1.29 is 4.92 Å². The van der Waals surface area contributed by atoms with Crippen molar-refractivity contribution in [3.8, 4) is 0 Å². The van der Waals surface area contributed by atoms with Gasteiger partial charge in [0.15, 0.2) is 0 Å². The summed E-state index contributed by atoms with van der Waals surface area (Å²) in [5.41, 5.74) is -0.106. The first kappa shape index (κ1) is 12.9. The molecule has 19 heavy (non-hydrogen) atoms. The first-order chi connectivity index (χ1) is 9.25. The Labute approximate surface area is 109 Å². The zero-order valence-electron chi connectivity index (χ0n) is 10.3. The van der Waals surface area contributed by atoms with Crippen molar-refractivity contribution in [1.29, 1.82) is 0 Å². The molecule has 0 aliphatic rings. The van der Waals surface area contributed by atoms with E-state index < -0.39 is 4.92 Å². The summed E-state index contributed by atoms with van der Waals surface area (Å²) in [4.78, 5) is 21.6. The highest BCUT2D eigenvalue weighted by Crippen LogP contribution is 2.08. The minimum Gasteiger partial charge on any atom is -0.354 e. The molecule has 8 heteroatoms. The fraction of sp³-hybridized carbons (Fsp3) is 0.364. The number of unbranched alkanes of at least 4 members (excludes halogenated alkanes) is 1. The number of aromatic nitrogens is 4. The molecule has 0 bridgehead atoms. The number of hydrogen-bond acceptors (Lipinski definition) is 6. The molecule has 0 fully saturated rings. The molecule has 1 N–H and O–H groups in total. The summed E-state index contributed by atoms with van der Waals surface area (Å²) < 4.78 is 2.02. The van der Waals surface area contributed by atoms with Crippen LogP contribution in [0, 0.1) is 10.1 Å². The van der Waals surface area contributed by atoms with Crippen LogP contribution in [0.4, 0.5) is 11.6 Å². The first-order valence-corrected chi connectivity index (χ1v) is 5.92. The fourth-order valence-corrected chi connectivity index (χ4v) is 1.55. The van der Waals surface area contributed by atoms with Crippen molar-refractivity contribution >= 4 is 11.6 Å². The molecule has 8 nitrogen and oxygen atoms in total. The van der Waals surface area contributed by atoms with E-state index in [1.165, 1.54) is 12.4 Å². The van der Waals surface area contributed by atoms with Crippen molar-refractivity contribution in [2.75, 3.05) is 11.9 Å². The zero-order chi connectivity index (χ0) is 13.5. The van der Waals surface area contributed by atoms with Crippen LogP contribution in [0.15, 0.2) is 31.1 Å². The fourth-order valence-electron chi connectivity index (χ4n) is 1.55. The van der Waals surface area contributed by atoms with E-state index in [-0.39, 0.29) is 5.69 Å². The Balaban J connectivity index is 1.66. The molecule has 2 aromatic heterocycles. The van der Waals surface area contributed by atoms with Gasteiger partial charge in [-0.1, -0.05) is 0 Å². The highest BCUT2D eigenvalue weighted by atomic mass is 16.6. The SMILES string of the molecule is O=[N+]([O-])c1cnc(NCCCCn2ccnc2)nc1. The van der Waals surface area contributed by atoms with Gasteiger partial charge in [-0.15, -0.1) is 0 Å². The average Bonchev–Trinajstić information content (AvgIpc) is 2.92. The molecule has 2 heterocycles. The summed E-state index contributed by atoms with van der Waals surface area (Å²) >= 11 is 0. The molecule has 2 aromatic rings. The summed E-state index contributed by atoms with van der Waals surface area (Å²) in [6.07, 6.45) is 9.82. The van der Waals surface area contributed by atoms with Crippen molar-refractivity contribution in [2.24, 2.45) is 0 Å². The van der Waals surface area contributed by atoms with Gasteiger partial charge in [-0.05, 0) is 12.8 Å². The van der Waals surface area contributed by atoms with E-state index in [1.54, 1.807) is 12.5 Å². The highest BCUT2D eigenvalue weighted by Gasteiger charge is 2.05. The lowest BCUT2D eigenvalue weighted by Gasteiger charge is -2.04. The maximum atomic E-state index is 10.4. The van der Waals surface area contributed by atoms with Gasteiger partial charge in [-0.2, -0.15) is 0 Å². The molecule has 100 valence electrons. The number of anilines is 1. The van der Waals surface area contributed by atoms with Gasteiger partial charge in [-0.25, -0.2) is 15.0 Å². The molecular weight excluding hydrogens is 248 g/mol. The predicted octanol–water partition coefficient (Wildman–Crippen LogP) is 1.47. The largest absolute Gasteiger partial charge is 0.354 e. The second-order valence-electron chi connectivity index (χ2n) is 3.96. The quantitative estimate of drug-likeness (QED) is 0.461. The molecular formula is C11H14N6O2. The van der Waals surface area contributed by atoms with E-state index >= 15 is 0 Å². The summed E-state index contributed by atoms with van der Waals surface area (Å²) in [6, 6.07) is 0. The van der Waals surface area contributed by atoms with Crippen LogP contribution in [-0.2, 0) is 6.54 Å². The predicted molar refractivity (Wildman–Crippen MR) is 68.6 cm³/mol. The molecule has 0 aliphatic heterocycles. The molecule has 0 radical (unpaired) electrons. The molecule has 0 spiro atoms. The molecule has 0 saturated carbocycles. The Hall–Kier alpha value is -2.51. The van der Waals surface area contributed by atoms with Crippen LogP contribution in [0.1, 0.15) is 12.8 Å². The van der Waals surface area contributed by atoms with E-state index in [9.17, 15) is 10.1 Å². The lowest BCUT2D eigenvalue weighted by Crippen LogP contribution is -2.06. The van der Waals surface area contributed by atoms with Crippen LogP contribution in [0.2, 0.25) is 0 Å². The third kappa shape index (κ3) is 4.02. The van der Waals surface area contributed by atoms with Gasteiger partial charge in [-0.3, -0.25) is 10.1 Å². The maximum absolute atomic E-state index is 10.4.